The quantitative estimate of drug-likeness (QED) is 0.804. The fourth-order valence-electron chi connectivity index (χ4n) is 2.86. The van der Waals surface area contributed by atoms with Gasteiger partial charge in [-0.15, -0.1) is 0 Å². The van der Waals surface area contributed by atoms with Crippen molar-refractivity contribution in [2.75, 3.05) is 0 Å². The first-order valence-corrected chi connectivity index (χ1v) is 6.77. The van der Waals surface area contributed by atoms with Crippen molar-refractivity contribution in [3.63, 3.8) is 0 Å². The van der Waals surface area contributed by atoms with Gasteiger partial charge in [0.05, 0.1) is 18.6 Å². The molecule has 0 spiro atoms. The smallest absolute Gasteiger partial charge is 0.305 e. The monoisotopic (exact) mass is 242 g/mol. The lowest BCUT2D eigenvalue weighted by Crippen LogP contribution is -2.36. The average Bonchev–Trinajstić information content (AvgIpc) is 2.15. The highest BCUT2D eigenvalue weighted by atomic mass is 16.5. The van der Waals surface area contributed by atoms with Gasteiger partial charge >= 0.3 is 5.97 Å². The third kappa shape index (κ3) is 4.66. The molecule has 3 nitrogen and oxygen atoms in total. The van der Waals surface area contributed by atoms with Gasteiger partial charge in [0.15, 0.2) is 0 Å². The maximum Gasteiger partial charge on any atom is 0.305 e. The van der Waals surface area contributed by atoms with E-state index in [0.717, 1.165) is 6.42 Å². The van der Waals surface area contributed by atoms with Crippen molar-refractivity contribution in [3.8, 4) is 0 Å². The van der Waals surface area contributed by atoms with Crippen LogP contribution in [0.5, 0.6) is 0 Å². The maximum atomic E-state index is 10.7. The minimum atomic E-state index is -0.776. The Morgan fingerprint density at radius 1 is 1.35 bits per heavy atom. The van der Waals surface area contributed by atoms with E-state index in [4.69, 9.17) is 9.84 Å². The molecule has 1 fully saturated rings. The molecule has 1 aliphatic carbocycles. The second-order valence-corrected chi connectivity index (χ2v) is 5.91. The number of hydrogen-bond acceptors (Lipinski definition) is 2. The Bertz CT molecular complexity index is 250. The molecule has 0 radical (unpaired) electrons. The van der Waals surface area contributed by atoms with Crippen molar-refractivity contribution in [2.24, 2.45) is 17.8 Å². The Labute approximate surface area is 105 Å². The summed E-state index contributed by atoms with van der Waals surface area (Å²) in [6.07, 6.45) is 3.74. The molecule has 0 aliphatic heterocycles. The number of carboxylic acid groups (broad SMARTS) is 1. The minimum Gasteiger partial charge on any atom is -0.481 e. The summed E-state index contributed by atoms with van der Waals surface area (Å²) in [6, 6.07) is 0. The van der Waals surface area contributed by atoms with Gasteiger partial charge in [-0.05, 0) is 37.5 Å². The molecule has 0 aromatic rings. The summed E-state index contributed by atoms with van der Waals surface area (Å²) in [5.41, 5.74) is 0. The number of carboxylic acids is 1. The lowest BCUT2D eigenvalue weighted by atomic mass is 9.75. The fourth-order valence-corrected chi connectivity index (χ4v) is 2.86. The number of hydrogen-bond donors (Lipinski definition) is 1. The zero-order valence-electron chi connectivity index (χ0n) is 11.5. The Morgan fingerprint density at radius 2 is 2.00 bits per heavy atom. The Kier molecular flexibility index (Phi) is 5.44. The van der Waals surface area contributed by atoms with Crippen molar-refractivity contribution in [1.82, 2.24) is 0 Å². The van der Waals surface area contributed by atoms with Crippen LogP contribution in [0, 0.1) is 17.8 Å². The van der Waals surface area contributed by atoms with Gasteiger partial charge in [-0.1, -0.05) is 27.2 Å². The lowest BCUT2D eigenvalue weighted by molar-refractivity contribution is -0.143. The van der Waals surface area contributed by atoms with Gasteiger partial charge in [-0.25, -0.2) is 0 Å². The molecule has 0 aromatic heterocycles. The molecule has 4 atom stereocenters. The van der Waals surface area contributed by atoms with Gasteiger partial charge in [-0.3, -0.25) is 4.79 Å². The third-order valence-electron chi connectivity index (χ3n) is 3.83. The zero-order chi connectivity index (χ0) is 13.0. The van der Waals surface area contributed by atoms with Crippen LogP contribution in [0.2, 0.25) is 0 Å². The third-order valence-corrected chi connectivity index (χ3v) is 3.83. The van der Waals surface area contributed by atoms with E-state index in [1.807, 2.05) is 6.92 Å². The van der Waals surface area contributed by atoms with E-state index in [-0.39, 0.29) is 18.6 Å². The molecule has 0 saturated heterocycles. The largest absolute Gasteiger partial charge is 0.481 e. The summed E-state index contributed by atoms with van der Waals surface area (Å²) >= 11 is 0. The van der Waals surface area contributed by atoms with Crippen LogP contribution >= 0.6 is 0 Å². The lowest BCUT2D eigenvalue weighted by Gasteiger charge is -2.38. The van der Waals surface area contributed by atoms with Gasteiger partial charge < -0.3 is 9.84 Å². The fraction of sp³-hybridized carbons (Fsp3) is 0.929. The molecule has 100 valence electrons. The molecule has 17 heavy (non-hydrogen) atoms. The van der Waals surface area contributed by atoms with Gasteiger partial charge in [-0.2, -0.15) is 0 Å². The average molecular weight is 242 g/mol. The summed E-state index contributed by atoms with van der Waals surface area (Å²) in [6.45, 7) is 8.59. The van der Waals surface area contributed by atoms with Crippen LogP contribution in [0.15, 0.2) is 0 Å². The second-order valence-electron chi connectivity index (χ2n) is 5.91. The molecule has 3 heteroatoms. The first-order valence-electron chi connectivity index (χ1n) is 6.77. The molecule has 1 N–H and O–H groups in total. The number of ether oxygens (including phenoxy) is 1. The van der Waals surface area contributed by atoms with E-state index < -0.39 is 5.97 Å². The number of aliphatic carboxylic acids is 1. The molecule has 1 aliphatic rings. The van der Waals surface area contributed by atoms with Crippen LogP contribution in [0.4, 0.5) is 0 Å². The molecule has 0 bridgehead atoms. The van der Waals surface area contributed by atoms with Crippen molar-refractivity contribution in [3.05, 3.63) is 0 Å². The van der Waals surface area contributed by atoms with E-state index in [1.54, 1.807) is 0 Å². The van der Waals surface area contributed by atoms with Gasteiger partial charge in [0.1, 0.15) is 0 Å². The predicted octanol–water partition coefficient (Wildman–Crippen LogP) is 3.33. The van der Waals surface area contributed by atoms with E-state index in [0.29, 0.717) is 17.8 Å². The van der Waals surface area contributed by atoms with Crippen molar-refractivity contribution in [1.29, 1.82) is 0 Å². The Morgan fingerprint density at radius 3 is 2.53 bits per heavy atom. The summed E-state index contributed by atoms with van der Waals surface area (Å²) in [7, 11) is 0. The predicted molar refractivity (Wildman–Crippen MR) is 67.9 cm³/mol. The standard InChI is InChI=1S/C14H26O3/c1-9(2)12-6-5-10(3)7-13(12)17-11(4)8-14(15)16/h9-13H,5-8H2,1-4H3,(H,15,16)/t10?,11-,12?,13?/m1/s1. The van der Waals surface area contributed by atoms with Crippen LogP contribution in [0.1, 0.15) is 53.4 Å². The highest BCUT2D eigenvalue weighted by Gasteiger charge is 2.32. The minimum absolute atomic E-state index is 0.107. The number of rotatable bonds is 5. The first-order chi connectivity index (χ1) is 7.90. The maximum absolute atomic E-state index is 10.7. The van der Waals surface area contributed by atoms with Gasteiger partial charge in [0, 0.05) is 0 Å². The van der Waals surface area contributed by atoms with Crippen LogP contribution in [0.25, 0.3) is 0 Å². The van der Waals surface area contributed by atoms with Crippen LogP contribution in [-0.2, 0) is 9.53 Å². The van der Waals surface area contributed by atoms with Crippen molar-refractivity contribution < 1.29 is 14.6 Å². The van der Waals surface area contributed by atoms with E-state index in [9.17, 15) is 4.79 Å². The highest BCUT2D eigenvalue weighted by Crippen LogP contribution is 2.35. The first kappa shape index (κ1) is 14.5. The van der Waals surface area contributed by atoms with E-state index in [2.05, 4.69) is 20.8 Å². The topological polar surface area (TPSA) is 46.5 Å². The normalized spacial score (nSPS) is 31.5. The zero-order valence-corrected chi connectivity index (χ0v) is 11.5. The molecular weight excluding hydrogens is 216 g/mol. The SMILES string of the molecule is CC1CCC(C(C)C)C(O[C@H](C)CC(=O)O)C1. The van der Waals surface area contributed by atoms with Crippen molar-refractivity contribution >= 4 is 5.97 Å². The van der Waals surface area contributed by atoms with Gasteiger partial charge in [0.25, 0.3) is 0 Å². The summed E-state index contributed by atoms with van der Waals surface area (Å²) in [5.74, 6) is 1.13. The van der Waals surface area contributed by atoms with Crippen LogP contribution < -0.4 is 0 Å². The van der Waals surface area contributed by atoms with Crippen molar-refractivity contribution in [2.45, 2.75) is 65.6 Å². The van der Waals surface area contributed by atoms with Gasteiger partial charge in [0.2, 0.25) is 0 Å². The molecule has 0 heterocycles. The van der Waals surface area contributed by atoms with Crippen LogP contribution in [-0.4, -0.2) is 23.3 Å². The summed E-state index contributed by atoms with van der Waals surface area (Å²) in [5, 5.41) is 8.76. The molecular formula is C14H26O3. The molecule has 0 aromatic carbocycles. The molecule has 3 unspecified atom stereocenters. The van der Waals surface area contributed by atoms with E-state index in [1.165, 1.54) is 12.8 Å². The number of carbonyl (C=O) groups is 1. The second kappa shape index (κ2) is 6.39. The summed E-state index contributed by atoms with van der Waals surface area (Å²) in [4.78, 5) is 10.7. The highest BCUT2D eigenvalue weighted by molar-refractivity contribution is 5.67. The molecule has 1 rings (SSSR count). The Balaban J connectivity index is 2.54. The Hall–Kier alpha value is -0.570. The van der Waals surface area contributed by atoms with E-state index >= 15 is 0 Å². The molecule has 1 saturated carbocycles. The van der Waals surface area contributed by atoms with Crippen LogP contribution in [0.3, 0.4) is 0 Å². The summed E-state index contributed by atoms with van der Waals surface area (Å²) < 4.78 is 5.97. The molecule has 0 amide bonds.